The van der Waals surface area contributed by atoms with Gasteiger partial charge in [0, 0.05) is 26.2 Å². The molecule has 0 bridgehead atoms. The third-order valence-corrected chi connectivity index (χ3v) is 5.74. The van der Waals surface area contributed by atoms with Crippen molar-refractivity contribution in [1.82, 2.24) is 19.6 Å². The van der Waals surface area contributed by atoms with Gasteiger partial charge in [0.2, 0.25) is 0 Å². The molecule has 0 saturated carbocycles. The van der Waals surface area contributed by atoms with Gasteiger partial charge in [0.25, 0.3) is 0 Å². The number of piperidine rings is 2. The molecule has 0 N–H and O–H groups in total. The molecule has 4 heteroatoms. The second-order valence-corrected chi connectivity index (χ2v) is 8.58. The molecule has 0 aliphatic carbocycles. The molecule has 0 aromatic rings. The average molecular weight is 357 g/mol. The molecule has 0 atom stereocenters. The lowest BCUT2D eigenvalue weighted by Crippen LogP contribution is -2.42. The molecule has 0 unspecified atom stereocenters. The lowest BCUT2D eigenvalue weighted by molar-refractivity contribution is 0.181. The molecule has 3 rings (SSSR count). The van der Waals surface area contributed by atoms with Crippen LogP contribution in [0.4, 0.5) is 0 Å². The lowest BCUT2D eigenvalue weighted by atomic mass is 10.00. The molecule has 3 aliphatic rings. The van der Waals surface area contributed by atoms with Gasteiger partial charge in [0.15, 0.2) is 0 Å². The minimum absolute atomic E-state index is 0. The maximum absolute atomic E-state index is 2.40. The van der Waals surface area contributed by atoms with Gasteiger partial charge in [0.1, 0.15) is 0 Å². The highest BCUT2D eigenvalue weighted by molar-refractivity contribution is 4.66. The Morgan fingerprint density at radius 1 is 0.440 bits per heavy atom. The Bertz CT molecular complexity index is 209. The molecule has 0 aromatic carbocycles. The first-order valence-corrected chi connectivity index (χ1v) is 10.1. The molecule has 4 nitrogen and oxygen atoms in total. The minimum atomic E-state index is 0. The van der Waals surface area contributed by atoms with Crippen molar-refractivity contribution >= 4 is 0 Å². The number of nitrogens with zero attached hydrogens (tertiary/aromatic N) is 4. The smallest absolute Gasteiger partial charge is 0.0107 e. The van der Waals surface area contributed by atoms with Crippen LogP contribution in [0.1, 0.15) is 47.0 Å². The Morgan fingerprint density at radius 3 is 0.840 bits per heavy atom. The van der Waals surface area contributed by atoms with E-state index in [0.717, 1.165) is 11.8 Å². The molecule has 0 radical (unpaired) electrons. The Morgan fingerprint density at radius 2 is 0.640 bits per heavy atom. The van der Waals surface area contributed by atoms with Crippen molar-refractivity contribution in [2.24, 2.45) is 11.8 Å². The molecule has 0 amide bonds. The molecule has 3 heterocycles. The quantitative estimate of drug-likeness (QED) is 0.661. The second kappa shape index (κ2) is 14.0. The first-order chi connectivity index (χ1) is 11.4. The zero-order chi connectivity index (χ0) is 17.9. The average Bonchev–Trinajstić information content (AvgIpc) is 2.57. The zero-order valence-electron chi connectivity index (χ0n) is 17.4. The summed E-state index contributed by atoms with van der Waals surface area (Å²) in [5.74, 6) is 1.96. The maximum Gasteiger partial charge on any atom is 0.0107 e. The number of piperazine rings is 1. The summed E-state index contributed by atoms with van der Waals surface area (Å²) in [6, 6.07) is 0. The number of hydrogen-bond donors (Lipinski definition) is 0. The summed E-state index contributed by atoms with van der Waals surface area (Å²) in [5, 5.41) is 0. The van der Waals surface area contributed by atoms with E-state index >= 15 is 0 Å². The molecule has 3 fully saturated rings. The summed E-state index contributed by atoms with van der Waals surface area (Å²) in [6.07, 6.45) is 5.60. The monoisotopic (exact) mass is 356 g/mol. The van der Waals surface area contributed by atoms with Gasteiger partial charge in [0.05, 0.1) is 0 Å². The Hall–Kier alpha value is -0.160. The normalized spacial score (nSPS) is 25.2. The number of rotatable bonds is 0. The minimum Gasteiger partial charge on any atom is -0.306 e. The van der Waals surface area contributed by atoms with E-state index < -0.39 is 0 Å². The Labute approximate surface area is 159 Å². The van der Waals surface area contributed by atoms with Gasteiger partial charge in [-0.1, -0.05) is 21.3 Å². The van der Waals surface area contributed by atoms with Gasteiger partial charge in [-0.25, -0.2) is 0 Å². The van der Waals surface area contributed by atoms with E-state index in [2.05, 4.69) is 61.6 Å². The van der Waals surface area contributed by atoms with Crippen molar-refractivity contribution in [1.29, 1.82) is 0 Å². The Kier molecular flexibility index (Phi) is 13.9. The number of hydrogen-bond acceptors (Lipinski definition) is 4. The van der Waals surface area contributed by atoms with Gasteiger partial charge in [-0.15, -0.1) is 0 Å². The van der Waals surface area contributed by atoms with Gasteiger partial charge >= 0.3 is 0 Å². The highest BCUT2D eigenvalue weighted by Crippen LogP contribution is 2.14. The van der Waals surface area contributed by atoms with Crippen LogP contribution in [0.2, 0.25) is 0 Å². The van der Waals surface area contributed by atoms with Crippen molar-refractivity contribution in [2.45, 2.75) is 47.0 Å². The molecule has 0 spiro atoms. The fourth-order valence-corrected chi connectivity index (χ4v) is 3.18. The van der Waals surface area contributed by atoms with Crippen molar-refractivity contribution in [3.63, 3.8) is 0 Å². The molecule has 0 aromatic heterocycles. The van der Waals surface area contributed by atoms with Crippen molar-refractivity contribution in [3.8, 4) is 0 Å². The predicted molar refractivity (Wildman–Crippen MR) is 114 cm³/mol. The van der Waals surface area contributed by atoms with Gasteiger partial charge < -0.3 is 19.6 Å². The third-order valence-electron chi connectivity index (χ3n) is 5.74. The van der Waals surface area contributed by atoms with Crippen LogP contribution in [0.5, 0.6) is 0 Å². The van der Waals surface area contributed by atoms with Crippen molar-refractivity contribution in [3.05, 3.63) is 0 Å². The third kappa shape index (κ3) is 12.8. The highest BCUT2D eigenvalue weighted by atomic mass is 15.2. The van der Waals surface area contributed by atoms with Crippen molar-refractivity contribution in [2.75, 3.05) is 80.5 Å². The van der Waals surface area contributed by atoms with Gasteiger partial charge in [-0.3, -0.25) is 0 Å². The molecule has 3 saturated heterocycles. The SMILES string of the molecule is C.CC1CCN(C)CC1.CC1CCN(C)CC1.CN1CCN(C)CC1. The van der Waals surface area contributed by atoms with E-state index in [1.165, 1.54) is 78.0 Å². The molecule has 152 valence electrons. The first-order valence-electron chi connectivity index (χ1n) is 10.1. The fourth-order valence-electron chi connectivity index (χ4n) is 3.18. The van der Waals surface area contributed by atoms with Crippen LogP contribution < -0.4 is 0 Å². The lowest BCUT2D eigenvalue weighted by Gasteiger charge is -2.28. The maximum atomic E-state index is 2.40. The molecular weight excluding hydrogens is 308 g/mol. The van der Waals surface area contributed by atoms with Gasteiger partial charge in [-0.2, -0.15) is 0 Å². The first kappa shape index (κ1) is 24.8. The fraction of sp³-hybridized carbons (Fsp3) is 1.00. The van der Waals surface area contributed by atoms with E-state index in [1.807, 2.05) is 0 Å². The summed E-state index contributed by atoms with van der Waals surface area (Å²) in [5.41, 5.74) is 0. The highest BCUT2D eigenvalue weighted by Gasteiger charge is 2.11. The van der Waals surface area contributed by atoms with Crippen LogP contribution in [-0.4, -0.2) is 100 Å². The summed E-state index contributed by atoms with van der Waals surface area (Å²) >= 11 is 0. The largest absolute Gasteiger partial charge is 0.306 e. The van der Waals surface area contributed by atoms with Crippen LogP contribution in [-0.2, 0) is 0 Å². The number of likely N-dealkylation sites (tertiary alicyclic amines) is 2. The molecule has 25 heavy (non-hydrogen) atoms. The molecule has 3 aliphatic heterocycles. The van der Waals surface area contributed by atoms with Crippen LogP contribution >= 0.6 is 0 Å². The van der Waals surface area contributed by atoms with Crippen LogP contribution in [0, 0.1) is 11.8 Å². The van der Waals surface area contributed by atoms with E-state index in [4.69, 9.17) is 0 Å². The van der Waals surface area contributed by atoms with Crippen LogP contribution in [0.25, 0.3) is 0 Å². The van der Waals surface area contributed by atoms with Gasteiger partial charge in [-0.05, 0) is 91.9 Å². The molecular formula is C21H48N4. The second-order valence-electron chi connectivity index (χ2n) is 8.58. The standard InChI is InChI=1S/2C7H15N.C6H14N2.CH4/c3*1-7-3-5-8(2)6-4-7;/h2*7H,3-6H2,1-2H3;3-6H2,1-2H3;1H4. The summed E-state index contributed by atoms with van der Waals surface area (Å²) < 4.78 is 0. The Balaban J connectivity index is 0.000000339. The predicted octanol–water partition coefficient (Wildman–Crippen LogP) is 3.20. The van der Waals surface area contributed by atoms with E-state index in [1.54, 1.807) is 0 Å². The number of likely N-dealkylation sites (N-methyl/N-ethyl adjacent to an activating group) is 2. The topological polar surface area (TPSA) is 13.0 Å². The van der Waals surface area contributed by atoms with Crippen LogP contribution in [0.15, 0.2) is 0 Å². The van der Waals surface area contributed by atoms with E-state index in [-0.39, 0.29) is 7.43 Å². The summed E-state index contributed by atoms with van der Waals surface area (Å²) in [7, 11) is 8.75. The van der Waals surface area contributed by atoms with E-state index in [0.29, 0.717) is 0 Å². The van der Waals surface area contributed by atoms with Crippen LogP contribution in [0.3, 0.4) is 0 Å². The summed E-state index contributed by atoms with van der Waals surface area (Å²) in [4.78, 5) is 9.53. The van der Waals surface area contributed by atoms with Crippen molar-refractivity contribution < 1.29 is 0 Å². The zero-order valence-corrected chi connectivity index (χ0v) is 17.4. The summed E-state index contributed by atoms with van der Waals surface area (Å²) in [6.45, 7) is 14.8. The van der Waals surface area contributed by atoms with E-state index in [9.17, 15) is 0 Å².